The fraction of sp³-hybridized carbons (Fsp3) is 0.333. The Morgan fingerprint density at radius 1 is 1.00 bits per heavy atom. The summed E-state index contributed by atoms with van der Waals surface area (Å²) < 4.78 is 29.4. The van der Waals surface area contributed by atoms with Crippen LogP contribution in [0.25, 0.3) is 0 Å². The van der Waals surface area contributed by atoms with Crippen LogP contribution in [0.4, 0.5) is 0 Å². The van der Waals surface area contributed by atoms with Gasteiger partial charge in [-0.05, 0) is 29.2 Å². The molecule has 0 N–H and O–H groups in total. The van der Waals surface area contributed by atoms with Gasteiger partial charge in [0.2, 0.25) is 0 Å². The summed E-state index contributed by atoms with van der Waals surface area (Å²) in [4.78, 5) is 0.324. The molecule has 0 bridgehead atoms. The number of ether oxygens (including phenoxy) is 1. The van der Waals surface area contributed by atoms with Crippen molar-refractivity contribution < 1.29 is 13.2 Å². The summed E-state index contributed by atoms with van der Waals surface area (Å²) in [7, 11) is -3.23. The van der Waals surface area contributed by atoms with Gasteiger partial charge in [0.05, 0.1) is 4.90 Å². The second kappa shape index (κ2) is 6.13. The molecule has 0 aliphatic rings. The third-order valence-electron chi connectivity index (χ3n) is 3.42. The normalized spacial score (nSPS) is 12.2. The first-order chi connectivity index (χ1) is 10.2. The molecule has 0 aromatic heterocycles. The molecule has 0 saturated carbocycles. The molecular weight excluding hydrogens is 296 g/mol. The van der Waals surface area contributed by atoms with Crippen molar-refractivity contribution in [1.29, 1.82) is 0 Å². The van der Waals surface area contributed by atoms with E-state index in [1.807, 2.05) is 51.1 Å². The van der Waals surface area contributed by atoms with Gasteiger partial charge in [0, 0.05) is 11.8 Å². The van der Waals surface area contributed by atoms with Crippen molar-refractivity contribution >= 4 is 9.84 Å². The fourth-order valence-electron chi connectivity index (χ4n) is 2.19. The Morgan fingerprint density at radius 2 is 1.64 bits per heavy atom. The first kappa shape index (κ1) is 16.6. The molecule has 0 fully saturated rings. The van der Waals surface area contributed by atoms with Gasteiger partial charge in [-0.3, -0.25) is 0 Å². The molecule has 0 heterocycles. The van der Waals surface area contributed by atoms with Crippen molar-refractivity contribution in [3.63, 3.8) is 0 Å². The summed E-state index contributed by atoms with van der Waals surface area (Å²) in [6.45, 7) is 6.60. The predicted molar refractivity (Wildman–Crippen MR) is 89.0 cm³/mol. The molecule has 2 aromatic carbocycles. The molecular formula is C18H22O3S. The Bertz CT molecular complexity index is 742. The molecule has 2 aromatic rings. The van der Waals surface area contributed by atoms with E-state index in [0.29, 0.717) is 11.5 Å². The van der Waals surface area contributed by atoms with Crippen molar-refractivity contribution in [2.24, 2.45) is 0 Å². The van der Waals surface area contributed by atoms with Crippen LogP contribution < -0.4 is 4.74 Å². The number of hydrogen-bond donors (Lipinski definition) is 0. The van der Waals surface area contributed by atoms with Crippen LogP contribution in [0.15, 0.2) is 53.4 Å². The second-order valence-corrected chi connectivity index (χ2v) is 8.47. The van der Waals surface area contributed by atoms with Gasteiger partial charge in [0.1, 0.15) is 12.4 Å². The summed E-state index contributed by atoms with van der Waals surface area (Å²) in [5.74, 6) is 0.726. The SMILES string of the molecule is CC(C)(C)c1cc(S(C)(=O)=O)ccc1OCc1ccccc1. The molecule has 4 heteroatoms. The first-order valence-electron chi connectivity index (χ1n) is 7.19. The van der Waals surface area contributed by atoms with Crippen LogP contribution in [0.3, 0.4) is 0 Å². The van der Waals surface area contributed by atoms with E-state index >= 15 is 0 Å². The highest BCUT2D eigenvalue weighted by atomic mass is 32.2. The Hall–Kier alpha value is -1.81. The third-order valence-corrected chi connectivity index (χ3v) is 4.53. The molecule has 118 valence electrons. The van der Waals surface area contributed by atoms with Crippen LogP contribution in [-0.4, -0.2) is 14.7 Å². The topological polar surface area (TPSA) is 43.4 Å². The highest BCUT2D eigenvalue weighted by molar-refractivity contribution is 7.90. The predicted octanol–water partition coefficient (Wildman–Crippen LogP) is 3.97. The maximum atomic E-state index is 11.8. The molecule has 0 unspecified atom stereocenters. The van der Waals surface area contributed by atoms with E-state index in [0.717, 1.165) is 16.9 Å². The summed E-state index contributed by atoms with van der Waals surface area (Å²) in [6.07, 6.45) is 1.22. The quantitative estimate of drug-likeness (QED) is 0.857. The van der Waals surface area contributed by atoms with Crippen molar-refractivity contribution in [2.75, 3.05) is 6.26 Å². The highest BCUT2D eigenvalue weighted by Gasteiger charge is 2.21. The van der Waals surface area contributed by atoms with Crippen molar-refractivity contribution in [2.45, 2.75) is 37.7 Å². The molecule has 0 atom stereocenters. The van der Waals surface area contributed by atoms with Crippen molar-refractivity contribution in [3.05, 3.63) is 59.7 Å². The van der Waals surface area contributed by atoms with Crippen LogP contribution in [0.1, 0.15) is 31.9 Å². The van der Waals surface area contributed by atoms with Crippen LogP contribution >= 0.6 is 0 Å². The van der Waals surface area contributed by atoms with Crippen LogP contribution in [0, 0.1) is 0 Å². The standard InChI is InChI=1S/C18H22O3S/c1-18(2,3)16-12-15(22(4,19)20)10-11-17(16)21-13-14-8-6-5-7-9-14/h5-12H,13H2,1-4H3. The molecule has 3 nitrogen and oxygen atoms in total. The average molecular weight is 318 g/mol. The first-order valence-corrected chi connectivity index (χ1v) is 9.08. The van der Waals surface area contributed by atoms with E-state index in [4.69, 9.17) is 4.74 Å². The van der Waals surface area contributed by atoms with Gasteiger partial charge in [0.15, 0.2) is 9.84 Å². The van der Waals surface area contributed by atoms with Crippen LogP contribution in [0.2, 0.25) is 0 Å². The zero-order valence-electron chi connectivity index (χ0n) is 13.5. The van der Waals surface area contributed by atoms with E-state index in [9.17, 15) is 8.42 Å². The molecule has 0 amide bonds. The van der Waals surface area contributed by atoms with E-state index in [1.165, 1.54) is 6.26 Å². The molecule has 0 aliphatic heterocycles. The zero-order chi connectivity index (χ0) is 16.4. The lowest BCUT2D eigenvalue weighted by molar-refractivity contribution is 0.297. The minimum atomic E-state index is -3.23. The monoisotopic (exact) mass is 318 g/mol. The number of rotatable bonds is 4. The molecule has 22 heavy (non-hydrogen) atoms. The maximum Gasteiger partial charge on any atom is 0.175 e. The van der Waals surface area contributed by atoms with Crippen molar-refractivity contribution in [1.82, 2.24) is 0 Å². The van der Waals surface area contributed by atoms with E-state index < -0.39 is 9.84 Å². The Labute approximate surface area is 132 Å². The number of sulfone groups is 1. The Balaban J connectivity index is 2.35. The number of hydrogen-bond acceptors (Lipinski definition) is 3. The minimum Gasteiger partial charge on any atom is -0.489 e. The summed E-state index contributed by atoms with van der Waals surface area (Å²) in [6, 6.07) is 15.0. The zero-order valence-corrected chi connectivity index (χ0v) is 14.3. The highest BCUT2D eigenvalue weighted by Crippen LogP contribution is 2.33. The molecule has 0 saturated heterocycles. The van der Waals surface area contributed by atoms with Gasteiger partial charge in [-0.1, -0.05) is 51.1 Å². The summed E-state index contributed by atoms with van der Waals surface area (Å²) in [5, 5.41) is 0. The Kier molecular flexibility index (Phi) is 4.61. The Morgan fingerprint density at radius 3 is 2.18 bits per heavy atom. The van der Waals surface area contributed by atoms with E-state index in [-0.39, 0.29) is 5.41 Å². The van der Waals surface area contributed by atoms with E-state index in [2.05, 4.69) is 0 Å². The van der Waals surface area contributed by atoms with Gasteiger partial charge >= 0.3 is 0 Å². The molecule has 0 aliphatic carbocycles. The lowest BCUT2D eigenvalue weighted by Gasteiger charge is -2.23. The van der Waals surface area contributed by atoms with Gasteiger partial charge in [-0.2, -0.15) is 0 Å². The largest absolute Gasteiger partial charge is 0.489 e. The average Bonchev–Trinajstić information content (AvgIpc) is 2.44. The second-order valence-electron chi connectivity index (χ2n) is 6.45. The molecule has 2 rings (SSSR count). The summed E-state index contributed by atoms with van der Waals surface area (Å²) >= 11 is 0. The summed E-state index contributed by atoms with van der Waals surface area (Å²) in [5.41, 5.74) is 1.77. The van der Waals surface area contributed by atoms with E-state index in [1.54, 1.807) is 18.2 Å². The molecule has 0 radical (unpaired) electrons. The fourth-order valence-corrected chi connectivity index (χ4v) is 2.83. The smallest absolute Gasteiger partial charge is 0.175 e. The molecule has 0 spiro atoms. The van der Waals surface area contributed by atoms with Crippen molar-refractivity contribution in [3.8, 4) is 5.75 Å². The number of benzene rings is 2. The lowest BCUT2D eigenvalue weighted by atomic mass is 9.86. The van der Waals surface area contributed by atoms with Gasteiger partial charge in [0.25, 0.3) is 0 Å². The van der Waals surface area contributed by atoms with Crippen LogP contribution in [-0.2, 0) is 21.9 Å². The maximum absolute atomic E-state index is 11.8. The van der Waals surface area contributed by atoms with Gasteiger partial charge < -0.3 is 4.74 Å². The lowest BCUT2D eigenvalue weighted by Crippen LogP contribution is -2.14. The van der Waals surface area contributed by atoms with Gasteiger partial charge in [-0.15, -0.1) is 0 Å². The van der Waals surface area contributed by atoms with Crippen LogP contribution in [0.5, 0.6) is 5.75 Å². The minimum absolute atomic E-state index is 0.202. The third kappa shape index (κ3) is 4.10. The van der Waals surface area contributed by atoms with Gasteiger partial charge in [-0.25, -0.2) is 8.42 Å².